The van der Waals surface area contributed by atoms with Crippen LogP contribution in [-0.4, -0.2) is 52.7 Å². The monoisotopic (exact) mass is 290 g/mol. The number of ether oxygens (including phenoxy) is 1. The summed E-state index contributed by atoms with van der Waals surface area (Å²) in [4.78, 5) is 24.6. The van der Waals surface area contributed by atoms with Gasteiger partial charge in [0.05, 0.1) is 0 Å². The van der Waals surface area contributed by atoms with Gasteiger partial charge < -0.3 is 14.5 Å². The summed E-state index contributed by atoms with van der Waals surface area (Å²) in [5.74, 6) is 0.777. The molecule has 2 aliphatic heterocycles. The van der Waals surface area contributed by atoms with Crippen molar-refractivity contribution in [2.75, 3.05) is 31.1 Å². The van der Waals surface area contributed by atoms with Gasteiger partial charge in [-0.25, -0.2) is 14.8 Å². The van der Waals surface area contributed by atoms with Crippen molar-refractivity contribution in [1.82, 2.24) is 14.9 Å². The van der Waals surface area contributed by atoms with Gasteiger partial charge in [0.1, 0.15) is 5.60 Å². The normalized spacial score (nSPS) is 20.5. The Morgan fingerprint density at radius 1 is 1.24 bits per heavy atom. The van der Waals surface area contributed by atoms with Crippen LogP contribution in [0.3, 0.4) is 0 Å². The predicted molar refractivity (Wildman–Crippen MR) is 79.1 cm³/mol. The van der Waals surface area contributed by atoms with Gasteiger partial charge in [0, 0.05) is 44.0 Å². The molecule has 0 aromatic carbocycles. The molecule has 1 aromatic rings. The zero-order valence-electron chi connectivity index (χ0n) is 12.9. The number of aromatic nitrogens is 2. The molecule has 0 radical (unpaired) electrons. The average molecular weight is 290 g/mol. The number of carbonyl (C=O) groups is 1. The van der Waals surface area contributed by atoms with Crippen LogP contribution in [0.2, 0.25) is 0 Å². The molecule has 2 aliphatic rings. The van der Waals surface area contributed by atoms with Crippen LogP contribution >= 0.6 is 0 Å². The Labute approximate surface area is 125 Å². The fourth-order valence-electron chi connectivity index (χ4n) is 3.03. The molecule has 2 saturated heterocycles. The summed E-state index contributed by atoms with van der Waals surface area (Å²) in [6, 6.07) is 1.82. The van der Waals surface area contributed by atoms with E-state index in [1.165, 1.54) is 0 Å². The Kier molecular flexibility index (Phi) is 3.26. The Balaban J connectivity index is 1.56. The predicted octanol–water partition coefficient (Wildman–Crippen LogP) is 1.92. The van der Waals surface area contributed by atoms with Crippen LogP contribution in [0.15, 0.2) is 18.5 Å². The van der Waals surface area contributed by atoms with Gasteiger partial charge in [-0.05, 0) is 33.3 Å². The molecule has 0 saturated carbocycles. The summed E-state index contributed by atoms with van der Waals surface area (Å²) >= 11 is 0. The van der Waals surface area contributed by atoms with Crippen molar-refractivity contribution in [2.45, 2.75) is 32.8 Å². The maximum atomic E-state index is 12.1. The van der Waals surface area contributed by atoms with E-state index in [2.05, 4.69) is 14.9 Å². The van der Waals surface area contributed by atoms with Gasteiger partial charge in [-0.3, -0.25) is 0 Å². The van der Waals surface area contributed by atoms with Crippen molar-refractivity contribution in [3.05, 3.63) is 18.5 Å². The van der Waals surface area contributed by atoms with E-state index in [9.17, 15) is 4.79 Å². The minimum absolute atomic E-state index is 0.191. The molecule has 0 N–H and O–H groups in total. The highest BCUT2D eigenvalue weighted by Crippen LogP contribution is 2.41. The lowest BCUT2D eigenvalue weighted by atomic mass is 9.79. The van der Waals surface area contributed by atoms with Gasteiger partial charge in [-0.2, -0.15) is 0 Å². The highest BCUT2D eigenvalue weighted by molar-refractivity contribution is 5.68. The molecule has 0 atom stereocenters. The molecule has 6 heteroatoms. The number of hydrogen-bond acceptors (Lipinski definition) is 5. The van der Waals surface area contributed by atoms with Gasteiger partial charge in [0.15, 0.2) is 0 Å². The first-order valence-corrected chi connectivity index (χ1v) is 7.37. The Hall–Kier alpha value is -1.85. The number of rotatable bonds is 1. The summed E-state index contributed by atoms with van der Waals surface area (Å²) in [6.45, 7) is 9.06. The van der Waals surface area contributed by atoms with Gasteiger partial charge in [-0.15, -0.1) is 0 Å². The number of amides is 1. The van der Waals surface area contributed by atoms with Crippen LogP contribution in [0, 0.1) is 5.41 Å². The largest absolute Gasteiger partial charge is 0.444 e. The first kappa shape index (κ1) is 14.1. The fourth-order valence-corrected chi connectivity index (χ4v) is 3.03. The van der Waals surface area contributed by atoms with Crippen LogP contribution in [0.1, 0.15) is 27.2 Å². The third-order valence-electron chi connectivity index (χ3n) is 3.98. The Bertz CT molecular complexity index is 520. The first-order valence-electron chi connectivity index (χ1n) is 7.37. The third kappa shape index (κ3) is 2.94. The average Bonchev–Trinajstić information content (AvgIpc) is 2.81. The second kappa shape index (κ2) is 4.86. The molecule has 1 amide bonds. The van der Waals surface area contributed by atoms with E-state index < -0.39 is 5.60 Å². The summed E-state index contributed by atoms with van der Waals surface area (Å²) in [5.41, 5.74) is -0.244. The van der Waals surface area contributed by atoms with Crippen molar-refractivity contribution in [3.63, 3.8) is 0 Å². The van der Waals surface area contributed by atoms with Crippen molar-refractivity contribution >= 4 is 12.0 Å². The first-order chi connectivity index (χ1) is 9.87. The van der Waals surface area contributed by atoms with E-state index in [1.807, 2.05) is 31.7 Å². The van der Waals surface area contributed by atoms with Crippen molar-refractivity contribution in [2.24, 2.45) is 5.41 Å². The van der Waals surface area contributed by atoms with Crippen LogP contribution in [0.25, 0.3) is 0 Å². The summed E-state index contributed by atoms with van der Waals surface area (Å²) < 4.78 is 5.44. The molecule has 3 rings (SSSR count). The number of nitrogens with zero attached hydrogens (tertiary/aromatic N) is 4. The van der Waals surface area contributed by atoms with Crippen molar-refractivity contribution < 1.29 is 9.53 Å². The SMILES string of the molecule is CC(C)(C)OC(=O)N1CCC2(C1)CN(c1ncccn1)C2. The van der Waals surface area contributed by atoms with E-state index in [0.717, 1.165) is 38.5 Å². The second-order valence-electron chi connectivity index (χ2n) is 7.06. The van der Waals surface area contributed by atoms with Gasteiger partial charge >= 0.3 is 6.09 Å². The maximum Gasteiger partial charge on any atom is 0.410 e. The van der Waals surface area contributed by atoms with E-state index in [1.54, 1.807) is 12.4 Å². The molecule has 2 fully saturated rings. The number of hydrogen-bond donors (Lipinski definition) is 0. The fraction of sp³-hybridized carbons (Fsp3) is 0.667. The van der Waals surface area contributed by atoms with Crippen molar-refractivity contribution in [3.8, 4) is 0 Å². The van der Waals surface area contributed by atoms with E-state index in [4.69, 9.17) is 4.74 Å². The Morgan fingerprint density at radius 2 is 1.90 bits per heavy atom. The quantitative estimate of drug-likeness (QED) is 0.791. The number of carbonyl (C=O) groups excluding carboxylic acids is 1. The summed E-state index contributed by atoms with van der Waals surface area (Å²) in [6.07, 6.45) is 4.34. The molecule has 0 aliphatic carbocycles. The standard InChI is InChI=1S/C15H22N4O2/c1-14(2,3)21-13(20)18-8-5-15(9-18)10-19(11-15)12-16-6-4-7-17-12/h4,6-7H,5,8-11H2,1-3H3. The molecular formula is C15H22N4O2. The topological polar surface area (TPSA) is 58.6 Å². The molecule has 0 unspecified atom stereocenters. The third-order valence-corrected chi connectivity index (χ3v) is 3.98. The molecule has 1 aromatic heterocycles. The van der Waals surface area contributed by atoms with Gasteiger partial charge in [0.2, 0.25) is 5.95 Å². The molecule has 114 valence electrons. The van der Waals surface area contributed by atoms with E-state index in [0.29, 0.717) is 0 Å². The van der Waals surface area contributed by atoms with Crippen LogP contribution in [-0.2, 0) is 4.74 Å². The molecule has 3 heterocycles. The molecular weight excluding hydrogens is 268 g/mol. The summed E-state index contributed by atoms with van der Waals surface area (Å²) in [5, 5.41) is 0. The van der Waals surface area contributed by atoms with Gasteiger partial charge in [0.25, 0.3) is 0 Å². The lowest BCUT2D eigenvalue weighted by Gasteiger charge is -2.47. The summed E-state index contributed by atoms with van der Waals surface area (Å²) in [7, 11) is 0. The Morgan fingerprint density at radius 3 is 2.52 bits per heavy atom. The van der Waals surface area contributed by atoms with E-state index >= 15 is 0 Å². The number of anilines is 1. The van der Waals surface area contributed by atoms with Crippen LogP contribution in [0.4, 0.5) is 10.7 Å². The van der Waals surface area contributed by atoms with Crippen LogP contribution < -0.4 is 4.90 Å². The lowest BCUT2D eigenvalue weighted by molar-refractivity contribution is 0.0265. The van der Waals surface area contributed by atoms with Crippen LogP contribution in [0.5, 0.6) is 0 Å². The minimum atomic E-state index is -0.434. The van der Waals surface area contributed by atoms with Crippen molar-refractivity contribution in [1.29, 1.82) is 0 Å². The number of likely N-dealkylation sites (tertiary alicyclic amines) is 1. The highest BCUT2D eigenvalue weighted by atomic mass is 16.6. The smallest absolute Gasteiger partial charge is 0.410 e. The zero-order chi connectivity index (χ0) is 15.1. The second-order valence-corrected chi connectivity index (χ2v) is 7.06. The zero-order valence-corrected chi connectivity index (χ0v) is 12.9. The van der Waals surface area contributed by atoms with E-state index in [-0.39, 0.29) is 11.5 Å². The minimum Gasteiger partial charge on any atom is -0.444 e. The maximum absolute atomic E-state index is 12.1. The highest BCUT2D eigenvalue weighted by Gasteiger charge is 2.50. The lowest BCUT2D eigenvalue weighted by Crippen LogP contribution is -2.58. The molecule has 21 heavy (non-hydrogen) atoms. The molecule has 0 bridgehead atoms. The molecule has 6 nitrogen and oxygen atoms in total. The van der Waals surface area contributed by atoms with Gasteiger partial charge in [-0.1, -0.05) is 0 Å². The molecule has 1 spiro atoms.